The molecule has 0 aliphatic heterocycles. The summed E-state index contributed by atoms with van der Waals surface area (Å²) in [5.74, 6) is 0.313. The normalized spacial score (nSPS) is 10.0. The second kappa shape index (κ2) is 5.56. The Kier molecular flexibility index (Phi) is 4.37. The maximum atomic E-state index is 11.7. The van der Waals surface area contributed by atoms with Crippen LogP contribution in [0.2, 0.25) is 0 Å². The summed E-state index contributed by atoms with van der Waals surface area (Å²) in [6.07, 6.45) is 4.18. The van der Waals surface area contributed by atoms with Crippen LogP contribution in [0.1, 0.15) is 13.3 Å². The van der Waals surface area contributed by atoms with Crippen LogP contribution < -0.4 is 10.9 Å². The van der Waals surface area contributed by atoms with Crippen LogP contribution in [0, 0.1) is 0 Å². The Hall–Kier alpha value is -1.29. The minimum absolute atomic E-state index is 0.128. The van der Waals surface area contributed by atoms with E-state index in [0.717, 1.165) is 6.42 Å². The van der Waals surface area contributed by atoms with E-state index in [9.17, 15) is 4.79 Å². The molecule has 15 heavy (non-hydrogen) atoms. The van der Waals surface area contributed by atoms with Crippen molar-refractivity contribution < 1.29 is 0 Å². The largest absolute Gasteiger partial charge is 0.361 e. The number of aromatic nitrogens is 2. The number of rotatable bonds is 5. The third-order valence-electron chi connectivity index (χ3n) is 1.83. The molecule has 0 saturated heterocycles. The Morgan fingerprint density at radius 3 is 3.07 bits per heavy atom. The van der Waals surface area contributed by atoms with Crippen molar-refractivity contribution in [2.45, 2.75) is 19.9 Å². The molecule has 82 valence electrons. The lowest BCUT2D eigenvalue weighted by atomic mass is 10.4. The molecule has 0 bridgehead atoms. The molecule has 0 unspecified atom stereocenters. The van der Waals surface area contributed by atoms with Crippen molar-refractivity contribution in [2.24, 2.45) is 0 Å². The van der Waals surface area contributed by atoms with Gasteiger partial charge in [0.1, 0.15) is 0 Å². The van der Waals surface area contributed by atoms with Crippen molar-refractivity contribution in [3.8, 4) is 0 Å². The highest BCUT2D eigenvalue weighted by Gasteiger charge is 2.03. The van der Waals surface area contributed by atoms with Gasteiger partial charge in [-0.3, -0.25) is 4.79 Å². The van der Waals surface area contributed by atoms with Crippen LogP contribution in [-0.2, 0) is 6.54 Å². The molecule has 1 rings (SSSR count). The van der Waals surface area contributed by atoms with E-state index in [1.54, 1.807) is 17.0 Å². The molecule has 1 aromatic heterocycles. The lowest BCUT2D eigenvalue weighted by Crippen LogP contribution is -2.24. The van der Waals surface area contributed by atoms with E-state index in [-0.39, 0.29) is 5.56 Å². The predicted molar refractivity (Wildman–Crippen MR) is 62.3 cm³/mol. The molecule has 0 radical (unpaired) electrons. The maximum absolute atomic E-state index is 11.7. The fraction of sp³-hybridized carbons (Fsp3) is 0.400. The summed E-state index contributed by atoms with van der Waals surface area (Å²) >= 11 is 5.59. The third kappa shape index (κ3) is 3.40. The highest BCUT2D eigenvalue weighted by atomic mass is 35.5. The van der Waals surface area contributed by atoms with Crippen molar-refractivity contribution in [1.82, 2.24) is 9.55 Å². The van der Waals surface area contributed by atoms with E-state index in [0.29, 0.717) is 23.9 Å². The summed E-state index contributed by atoms with van der Waals surface area (Å²) in [5, 5.41) is 3.28. The van der Waals surface area contributed by atoms with Gasteiger partial charge in [-0.1, -0.05) is 25.1 Å². The van der Waals surface area contributed by atoms with Crippen LogP contribution in [0.25, 0.3) is 0 Å². The lowest BCUT2D eigenvalue weighted by Gasteiger charge is -2.07. The Morgan fingerprint density at radius 1 is 1.73 bits per heavy atom. The van der Waals surface area contributed by atoms with Gasteiger partial charge in [-0.15, -0.1) is 0 Å². The second-order valence-electron chi connectivity index (χ2n) is 3.15. The summed E-state index contributed by atoms with van der Waals surface area (Å²) in [7, 11) is 0. The topological polar surface area (TPSA) is 46.9 Å². The van der Waals surface area contributed by atoms with Gasteiger partial charge < -0.3 is 9.88 Å². The predicted octanol–water partition coefficient (Wildman–Crippen LogP) is 1.82. The van der Waals surface area contributed by atoms with Gasteiger partial charge in [0.2, 0.25) is 0 Å². The summed E-state index contributed by atoms with van der Waals surface area (Å²) in [5.41, 5.74) is -0.128. The first-order valence-corrected chi connectivity index (χ1v) is 5.15. The van der Waals surface area contributed by atoms with Gasteiger partial charge in [0.05, 0.1) is 6.54 Å². The minimum Gasteiger partial charge on any atom is -0.361 e. The highest BCUT2D eigenvalue weighted by Crippen LogP contribution is 1.99. The Balaban J connectivity index is 2.84. The van der Waals surface area contributed by atoms with Crippen LogP contribution in [-0.4, -0.2) is 16.1 Å². The lowest BCUT2D eigenvalue weighted by molar-refractivity contribution is 0.650. The van der Waals surface area contributed by atoms with Crippen molar-refractivity contribution in [2.75, 3.05) is 11.9 Å². The van der Waals surface area contributed by atoms with Gasteiger partial charge in [-0.25, -0.2) is 4.98 Å². The monoisotopic (exact) mass is 227 g/mol. The molecule has 0 aromatic carbocycles. The van der Waals surface area contributed by atoms with E-state index >= 15 is 0 Å². The molecule has 0 atom stereocenters. The molecule has 0 amide bonds. The number of hydrogen-bond donors (Lipinski definition) is 1. The quantitative estimate of drug-likeness (QED) is 0.835. The summed E-state index contributed by atoms with van der Waals surface area (Å²) in [6.45, 7) is 6.58. The Morgan fingerprint density at radius 2 is 2.47 bits per heavy atom. The van der Waals surface area contributed by atoms with Gasteiger partial charge >= 0.3 is 0 Å². The molecular formula is C10H14ClN3O. The average Bonchev–Trinajstić information content (AvgIpc) is 2.19. The number of nitrogens with one attached hydrogen (secondary N) is 1. The smallest absolute Gasteiger partial charge is 0.293 e. The first-order valence-electron chi connectivity index (χ1n) is 4.77. The molecule has 0 spiro atoms. The average molecular weight is 228 g/mol. The molecular weight excluding hydrogens is 214 g/mol. The van der Waals surface area contributed by atoms with Crippen LogP contribution in [0.4, 0.5) is 5.82 Å². The maximum Gasteiger partial charge on any atom is 0.293 e. The first-order chi connectivity index (χ1) is 7.15. The van der Waals surface area contributed by atoms with Crippen molar-refractivity contribution in [3.63, 3.8) is 0 Å². The molecule has 1 N–H and O–H groups in total. The first kappa shape index (κ1) is 11.8. The zero-order valence-electron chi connectivity index (χ0n) is 8.66. The van der Waals surface area contributed by atoms with Gasteiger partial charge in [-0.2, -0.15) is 0 Å². The van der Waals surface area contributed by atoms with Gasteiger partial charge in [-0.05, 0) is 6.42 Å². The van der Waals surface area contributed by atoms with Crippen molar-refractivity contribution in [1.29, 1.82) is 0 Å². The minimum atomic E-state index is -0.128. The van der Waals surface area contributed by atoms with Crippen LogP contribution in [0.15, 0.2) is 28.8 Å². The number of aryl methyl sites for hydroxylation is 1. The number of anilines is 1. The third-order valence-corrected chi connectivity index (χ3v) is 1.96. The van der Waals surface area contributed by atoms with Gasteiger partial charge in [0.25, 0.3) is 5.56 Å². The number of nitrogens with zero attached hydrogens (tertiary/aromatic N) is 2. The Bertz CT molecular complexity index is 400. The van der Waals surface area contributed by atoms with Crippen LogP contribution in [0.3, 0.4) is 0 Å². The summed E-state index contributed by atoms with van der Waals surface area (Å²) in [4.78, 5) is 15.7. The molecule has 0 fully saturated rings. The van der Waals surface area contributed by atoms with E-state index in [2.05, 4.69) is 16.9 Å². The Labute approximate surface area is 93.6 Å². The molecule has 1 heterocycles. The van der Waals surface area contributed by atoms with E-state index in [1.807, 2.05) is 6.92 Å². The summed E-state index contributed by atoms with van der Waals surface area (Å²) < 4.78 is 1.62. The highest BCUT2D eigenvalue weighted by molar-refractivity contribution is 6.29. The fourth-order valence-corrected chi connectivity index (χ4v) is 1.23. The number of halogens is 1. The van der Waals surface area contributed by atoms with Gasteiger partial charge in [0, 0.05) is 24.0 Å². The SMILES string of the molecule is C=C(Cl)CNc1nccn(CCC)c1=O. The van der Waals surface area contributed by atoms with Crippen molar-refractivity contribution in [3.05, 3.63) is 34.4 Å². The molecule has 4 nitrogen and oxygen atoms in total. The van der Waals surface area contributed by atoms with E-state index in [4.69, 9.17) is 11.6 Å². The fourth-order valence-electron chi connectivity index (χ4n) is 1.17. The second-order valence-corrected chi connectivity index (χ2v) is 3.68. The summed E-state index contributed by atoms with van der Waals surface area (Å²) in [6, 6.07) is 0. The molecule has 5 heteroatoms. The molecule has 1 aromatic rings. The van der Waals surface area contributed by atoms with Gasteiger partial charge in [0.15, 0.2) is 5.82 Å². The molecule has 0 aliphatic rings. The standard InChI is InChI=1S/C10H14ClN3O/c1-3-5-14-6-4-12-9(10(14)15)13-7-8(2)11/h4,6H,2-3,5,7H2,1H3,(H,12,13). The van der Waals surface area contributed by atoms with E-state index in [1.165, 1.54) is 0 Å². The zero-order chi connectivity index (χ0) is 11.3. The van der Waals surface area contributed by atoms with Crippen molar-refractivity contribution >= 4 is 17.4 Å². The van der Waals surface area contributed by atoms with Crippen LogP contribution >= 0.6 is 11.6 Å². The molecule has 0 aliphatic carbocycles. The van der Waals surface area contributed by atoms with E-state index < -0.39 is 0 Å². The molecule has 0 saturated carbocycles. The number of hydrogen-bond acceptors (Lipinski definition) is 3. The zero-order valence-corrected chi connectivity index (χ0v) is 9.42. The van der Waals surface area contributed by atoms with Crippen LogP contribution in [0.5, 0.6) is 0 Å².